The number of carbonyl (C=O) groups excluding carboxylic acids is 2. The van der Waals surface area contributed by atoms with Gasteiger partial charge < -0.3 is 44.3 Å². The van der Waals surface area contributed by atoms with Crippen molar-refractivity contribution >= 4 is 11.9 Å². The van der Waals surface area contributed by atoms with E-state index in [1.807, 2.05) is 12.1 Å². The first-order valence-electron chi connectivity index (χ1n) is 14.2. The maximum Gasteiger partial charge on any atom is 0.310 e. The number of hydrogen-bond donors (Lipinski definition) is 3. The second-order valence-electron chi connectivity index (χ2n) is 10.5. The maximum absolute atomic E-state index is 13.3. The lowest BCUT2D eigenvalue weighted by molar-refractivity contribution is -0.141. The van der Waals surface area contributed by atoms with E-state index in [2.05, 4.69) is 29.4 Å². The van der Waals surface area contributed by atoms with Gasteiger partial charge in [-0.05, 0) is 54.0 Å². The standard InChI is InChI=1S/C30H39N3O8/c1-5-33(6-2)10-9-31-8-7-25(34)32-28-19-14-22-21(40-16-41-22)13-18(19)26(27-20(28)15-39-30(27)36)17-11-23(37-3)29(35)24(12-17)38-4/h11-14,20,26-28,31,35H,5-10,15-16H2,1-4H3,(H,32,34)/t20?,26?,27-,28+/m0/s1. The number of benzene rings is 2. The van der Waals surface area contributed by atoms with E-state index in [-0.39, 0.29) is 48.4 Å². The normalized spacial score (nSPS) is 22.2. The van der Waals surface area contributed by atoms with Crippen LogP contribution in [-0.4, -0.2) is 82.2 Å². The molecule has 1 fully saturated rings. The number of methoxy groups -OCH3 is 2. The van der Waals surface area contributed by atoms with Gasteiger partial charge in [0.05, 0.1) is 32.8 Å². The smallest absolute Gasteiger partial charge is 0.310 e. The Kier molecular flexibility index (Phi) is 8.74. The molecule has 3 N–H and O–H groups in total. The topological polar surface area (TPSA) is 128 Å². The van der Waals surface area contributed by atoms with Crippen molar-refractivity contribution in [2.75, 3.05) is 60.3 Å². The molecule has 0 bridgehead atoms. The lowest BCUT2D eigenvalue weighted by Gasteiger charge is -2.39. The molecule has 1 aliphatic carbocycles. The Balaban J connectivity index is 1.45. The van der Waals surface area contributed by atoms with E-state index >= 15 is 0 Å². The summed E-state index contributed by atoms with van der Waals surface area (Å²) in [6.07, 6.45) is 0.302. The van der Waals surface area contributed by atoms with Gasteiger partial charge in [0.25, 0.3) is 0 Å². The molecule has 41 heavy (non-hydrogen) atoms. The van der Waals surface area contributed by atoms with Crippen LogP contribution < -0.4 is 29.6 Å². The van der Waals surface area contributed by atoms with Gasteiger partial charge in [0.1, 0.15) is 0 Å². The van der Waals surface area contributed by atoms with Gasteiger partial charge >= 0.3 is 5.97 Å². The minimum atomic E-state index is -0.584. The number of phenolic OH excluding ortho intramolecular Hbond substituents is 1. The monoisotopic (exact) mass is 569 g/mol. The number of carbonyl (C=O) groups is 2. The molecule has 0 aromatic heterocycles. The molecule has 1 amide bonds. The predicted molar refractivity (Wildman–Crippen MR) is 150 cm³/mol. The van der Waals surface area contributed by atoms with Crippen LogP contribution in [0.2, 0.25) is 0 Å². The summed E-state index contributed by atoms with van der Waals surface area (Å²) >= 11 is 0. The molecule has 2 aromatic rings. The van der Waals surface area contributed by atoms with Gasteiger partial charge in [-0.15, -0.1) is 0 Å². The fourth-order valence-corrected chi connectivity index (χ4v) is 6.19. The predicted octanol–water partition coefficient (Wildman–Crippen LogP) is 2.55. The van der Waals surface area contributed by atoms with E-state index < -0.39 is 17.9 Å². The van der Waals surface area contributed by atoms with Gasteiger partial charge in [0.15, 0.2) is 23.0 Å². The molecule has 1 saturated heterocycles. The molecule has 3 aliphatic rings. The zero-order valence-corrected chi connectivity index (χ0v) is 24.0. The van der Waals surface area contributed by atoms with Crippen molar-refractivity contribution in [2.24, 2.45) is 11.8 Å². The van der Waals surface area contributed by atoms with Crippen molar-refractivity contribution in [3.63, 3.8) is 0 Å². The summed E-state index contributed by atoms with van der Waals surface area (Å²) in [5, 5.41) is 17.1. The van der Waals surface area contributed by atoms with Crippen molar-refractivity contribution < 1.29 is 38.4 Å². The van der Waals surface area contributed by atoms with Crippen LogP contribution in [0.25, 0.3) is 0 Å². The molecule has 11 nitrogen and oxygen atoms in total. The number of esters is 1. The summed E-state index contributed by atoms with van der Waals surface area (Å²) in [4.78, 5) is 28.8. The van der Waals surface area contributed by atoms with E-state index in [9.17, 15) is 14.7 Å². The third-order valence-corrected chi connectivity index (χ3v) is 8.39. The van der Waals surface area contributed by atoms with Crippen LogP contribution in [0.5, 0.6) is 28.7 Å². The number of ether oxygens (including phenoxy) is 5. The number of amides is 1. The Hall–Kier alpha value is -3.70. The molecule has 2 heterocycles. The van der Waals surface area contributed by atoms with E-state index in [1.165, 1.54) is 14.2 Å². The molecule has 222 valence electrons. The number of nitrogens with one attached hydrogen (secondary N) is 2. The summed E-state index contributed by atoms with van der Waals surface area (Å²) in [7, 11) is 2.92. The van der Waals surface area contributed by atoms with Gasteiger partial charge in [-0.2, -0.15) is 0 Å². The maximum atomic E-state index is 13.3. The SMILES string of the molecule is CCN(CC)CCNCCC(=O)N[C@@H]1c2cc3c(cc2C(c2cc(OC)c(O)c(OC)c2)[C@H]2C(=O)OCC21)OCO3. The highest BCUT2D eigenvalue weighted by molar-refractivity contribution is 5.81. The molecular formula is C30H39N3O8. The van der Waals surface area contributed by atoms with E-state index in [0.717, 1.165) is 37.3 Å². The van der Waals surface area contributed by atoms with E-state index in [1.54, 1.807) is 12.1 Å². The Morgan fingerprint density at radius 2 is 1.66 bits per heavy atom. The highest BCUT2D eigenvalue weighted by Crippen LogP contribution is 2.55. The summed E-state index contributed by atoms with van der Waals surface area (Å²) in [5.41, 5.74) is 2.37. The van der Waals surface area contributed by atoms with Crippen molar-refractivity contribution in [3.05, 3.63) is 41.0 Å². The van der Waals surface area contributed by atoms with Crippen LogP contribution >= 0.6 is 0 Å². The highest BCUT2D eigenvalue weighted by Gasteiger charge is 2.53. The van der Waals surface area contributed by atoms with E-state index in [4.69, 9.17) is 23.7 Å². The summed E-state index contributed by atoms with van der Waals surface area (Å²) < 4.78 is 27.8. The average Bonchev–Trinajstić information content (AvgIpc) is 3.60. The summed E-state index contributed by atoms with van der Waals surface area (Å²) in [5.74, 6) is -0.320. The number of rotatable bonds is 12. The van der Waals surface area contributed by atoms with Crippen LogP contribution in [0.15, 0.2) is 24.3 Å². The Morgan fingerprint density at radius 3 is 2.29 bits per heavy atom. The van der Waals surface area contributed by atoms with Crippen LogP contribution in [0.1, 0.15) is 48.9 Å². The van der Waals surface area contributed by atoms with E-state index in [0.29, 0.717) is 30.0 Å². The number of nitrogens with zero attached hydrogens (tertiary/aromatic N) is 1. The van der Waals surface area contributed by atoms with Crippen molar-refractivity contribution in [3.8, 4) is 28.7 Å². The van der Waals surface area contributed by atoms with Crippen LogP contribution in [0.4, 0.5) is 0 Å². The van der Waals surface area contributed by atoms with Gasteiger partial charge in [-0.25, -0.2) is 0 Å². The summed E-state index contributed by atoms with van der Waals surface area (Å²) in [6, 6.07) is 6.73. The second-order valence-corrected chi connectivity index (χ2v) is 10.5. The Bertz CT molecular complexity index is 1260. The highest BCUT2D eigenvalue weighted by atomic mass is 16.7. The first-order valence-corrected chi connectivity index (χ1v) is 14.2. The molecule has 2 aromatic carbocycles. The number of likely N-dealkylation sites (N-methyl/N-ethyl adjacent to an activating group) is 1. The van der Waals surface area contributed by atoms with Crippen LogP contribution in [-0.2, 0) is 14.3 Å². The van der Waals surface area contributed by atoms with Crippen LogP contribution in [0.3, 0.4) is 0 Å². The largest absolute Gasteiger partial charge is 0.502 e. The summed E-state index contributed by atoms with van der Waals surface area (Å²) in [6.45, 7) is 8.80. The molecule has 2 unspecified atom stereocenters. The molecule has 0 radical (unpaired) electrons. The number of cyclic esters (lactones) is 1. The van der Waals surface area contributed by atoms with Gasteiger partial charge in [-0.3, -0.25) is 9.59 Å². The first-order chi connectivity index (χ1) is 19.9. The fraction of sp³-hybridized carbons (Fsp3) is 0.533. The molecule has 0 spiro atoms. The Morgan fingerprint density at radius 1 is 1.00 bits per heavy atom. The van der Waals surface area contributed by atoms with Gasteiger partial charge in [-0.1, -0.05) is 13.8 Å². The van der Waals surface area contributed by atoms with Crippen molar-refractivity contribution in [1.82, 2.24) is 15.5 Å². The van der Waals surface area contributed by atoms with Crippen molar-refractivity contribution in [2.45, 2.75) is 32.2 Å². The third-order valence-electron chi connectivity index (χ3n) is 8.39. The quantitative estimate of drug-likeness (QED) is 0.259. The van der Waals surface area contributed by atoms with Gasteiger partial charge in [0, 0.05) is 37.9 Å². The zero-order chi connectivity index (χ0) is 29.1. The number of aromatic hydroxyl groups is 1. The third kappa shape index (κ3) is 5.60. The molecule has 0 saturated carbocycles. The molecule has 4 atom stereocenters. The minimum Gasteiger partial charge on any atom is -0.502 e. The number of hydrogen-bond acceptors (Lipinski definition) is 10. The second kappa shape index (κ2) is 12.4. The molecule has 11 heteroatoms. The van der Waals surface area contributed by atoms with Crippen molar-refractivity contribution in [1.29, 1.82) is 0 Å². The number of phenols is 1. The molecule has 5 rings (SSSR count). The molecular weight excluding hydrogens is 530 g/mol. The average molecular weight is 570 g/mol. The fourth-order valence-electron chi connectivity index (χ4n) is 6.19. The lowest BCUT2D eigenvalue weighted by Crippen LogP contribution is -2.43. The Labute approximate surface area is 240 Å². The molecule has 2 aliphatic heterocycles. The zero-order valence-electron chi connectivity index (χ0n) is 24.0. The first kappa shape index (κ1) is 28.8. The van der Waals surface area contributed by atoms with Gasteiger partial charge in [0.2, 0.25) is 18.4 Å². The lowest BCUT2D eigenvalue weighted by atomic mass is 9.65. The number of fused-ring (bicyclic) bond motifs is 3. The minimum absolute atomic E-state index is 0.0921. The van der Waals surface area contributed by atoms with Crippen LogP contribution in [0, 0.1) is 11.8 Å².